The van der Waals surface area contributed by atoms with Crippen molar-refractivity contribution < 1.29 is 23.4 Å². The van der Waals surface area contributed by atoms with E-state index in [0.717, 1.165) is 6.07 Å². The molecule has 1 aromatic carbocycles. The quantitative estimate of drug-likeness (QED) is 0.567. The van der Waals surface area contributed by atoms with Gasteiger partial charge in [0.2, 0.25) is 12.1 Å². The van der Waals surface area contributed by atoms with Crippen molar-refractivity contribution in [1.82, 2.24) is 0 Å². The van der Waals surface area contributed by atoms with Gasteiger partial charge in [0.15, 0.2) is 0 Å². The molecule has 0 amide bonds. The second-order valence-electron chi connectivity index (χ2n) is 3.01. The normalized spacial score (nSPS) is 10.6. The molecule has 16 heavy (non-hydrogen) atoms. The molecule has 0 radical (unpaired) electrons. The highest BCUT2D eigenvalue weighted by Gasteiger charge is 2.22. The summed E-state index contributed by atoms with van der Waals surface area (Å²) in [5.41, 5.74) is -0.0884. The van der Waals surface area contributed by atoms with Gasteiger partial charge in [-0.1, -0.05) is 0 Å². The van der Waals surface area contributed by atoms with E-state index < -0.39 is 17.9 Å². The Morgan fingerprint density at radius 2 is 1.88 bits per heavy atom. The fourth-order valence-corrected chi connectivity index (χ4v) is 1.26. The standard InChI is InChI=1S/C11H13FO4/c1-14-7-4-5-8(9(12)6-7)10(13)11(15-2)16-3/h4-6,11H,1-3H3. The number of halogens is 1. The summed E-state index contributed by atoms with van der Waals surface area (Å²) in [6.07, 6.45) is -1.09. The molecular weight excluding hydrogens is 215 g/mol. The van der Waals surface area contributed by atoms with E-state index in [0.29, 0.717) is 5.75 Å². The first-order valence-electron chi connectivity index (χ1n) is 4.57. The van der Waals surface area contributed by atoms with Gasteiger partial charge in [-0.15, -0.1) is 0 Å². The van der Waals surface area contributed by atoms with Gasteiger partial charge in [-0.05, 0) is 12.1 Å². The largest absolute Gasteiger partial charge is 0.497 e. The van der Waals surface area contributed by atoms with E-state index >= 15 is 0 Å². The number of carbonyl (C=O) groups excluding carboxylic acids is 1. The maximum absolute atomic E-state index is 13.5. The van der Waals surface area contributed by atoms with Crippen molar-refractivity contribution in [1.29, 1.82) is 0 Å². The van der Waals surface area contributed by atoms with Gasteiger partial charge in [0.25, 0.3) is 0 Å². The maximum Gasteiger partial charge on any atom is 0.222 e. The smallest absolute Gasteiger partial charge is 0.222 e. The zero-order valence-electron chi connectivity index (χ0n) is 9.32. The van der Waals surface area contributed by atoms with Crippen molar-refractivity contribution in [3.05, 3.63) is 29.6 Å². The maximum atomic E-state index is 13.5. The Bertz CT molecular complexity index is 374. The highest BCUT2D eigenvalue weighted by atomic mass is 19.1. The van der Waals surface area contributed by atoms with Gasteiger partial charge < -0.3 is 14.2 Å². The Kier molecular flexibility index (Phi) is 4.39. The van der Waals surface area contributed by atoms with Crippen molar-refractivity contribution in [3.63, 3.8) is 0 Å². The van der Waals surface area contributed by atoms with E-state index in [2.05, 4.69) is 0 Å². The van der Waals surface area contributed by atoms with Crippen LogP contribution in [0, 0.1) is 5.82 Å². The average Bonchev–Trinajstić information content (AvgIpc) is 2.30. The molecule has 88 valence electrons. The van der Waals surface area contributed by atoms with Crippen molar-refractivity contribution in [2.45, 2.75) is 6.29 Å². The van der Waals surface area contributed by atoms with Crippen LogP contribution in [0.25, 0.3) is 0 Å². The van der Waals surface area contributed by atoms with Gasteiger partial charge >= 0.3 is 0 Å². The van der Waals surface area contributed by atoms with E-state index in [1.165, 1.54) is 33.5 Å². The SMILES string of the molecule is COc1ccc(C(=O)C(OC)OC)c(F)c1. The van der Waals surface area contributed by atoms with Crippen LogP contribution in [0.4, 0.5) is 4.39 Å². The topological polar surface area (TPSA) is 44.8 Å². The third-order valence-corrected chi connectivity index (χ3v) is 2.08. The van der Waals surface area contributed by atoms with Gasteiger partial charge in [-0.3, -0.25) is 4.79 Å². The molecule has 0 saturated heterocycles. The first-order chi connectivity index (χ1) is 7.63. The summed E-state index contributed by atoms with van der Waals surface area (Å²) in [6, 6.07) is 3.97. The Morgan fingerprint density at radius 3 is 2.31 bits per heavy atom. The summed E-state index contributed by atoms with van der Waals surface area (Å²) in [5.74, 6) is -0.881. The minimum Gasteiger partial charge on any atom is -0.497 e. The number of hydrogen-bond acceptors (Lipinski definition) is 4. The Morgan fingerprint density at radius 1 is 1.25 bits per heavy atom. The van der Waals surface area contributed by atoms with Crippen LogP contribution in [-0.2, 0) is 9.47 Å². The van der Waals surface area contributed by atoms with E-state index in [1.807, 2.05) is 0 Å². The highest BCUT2D eigenvalue weighted by Crippen LogP contribution is 2.18. The van der Waals surface area contributed by atoms with Crippen LogP contribution in [0.3, 0.4) is 0 Å². The van der Waals surface area contributed by atoms with Gasteiger partial charge in [0.1, 0.15) is 11.6 Å². The third kappa shape index (κ3) is 2.56. The monoisotopic (exact) mass is 228 g/mol. The summed E-state index contributed by atoms with van der Waals surface area (Å²) >= 11 is 0. The average molecular weight is 228 g/mol. The number of carbonyl (C=O) groups is 1. The van der Waals surface area contributed by atoms with Crippen molar-refractivity contribution in [2.75, 3.05) is 21.3 Å². The number of ether oxygens (including phenoxy) is 3. The molecule has 5 heteroatoms. The van der Waals surface area contributed by atoms with Crippen LogP contribution in [0.1, 0.15) is 10.4 Å². The van der Waals surface area contributed by atoms with Crippen LogP contribution < -0.4 is 4.74 Å². The van der Waals surface area contributed by atoms with Crippen LogP contribution in [-0.4, -0.2) is 33.4 Å². The van der Waals surface area contributed by atoms with Gasteiger partial charge in [-0.2, -0.15) is 0 Å². The Labute approximate surface area is 92.9 Å². The van der Waals surface area contributed by atoms with Crippen LogP contribution >= 0.6 is 0 Å². The lowest BCUT2D eigenvalue weighted by molar-refractivity contribution is -0.0743. The lowest BCUT2D eigenvalue weighted by Gasteiger charge is -2.12. The van der Waals surface area contributed by atoms with Crippen molar-refractivity contribution >= 4 is 5.78 Å². The molecular formula is C11H13FO4. The number of methoxy groups -OCH3 is 3. The summed E-state index contributed by atoms with van der Waals surface area (Å²) in [7, 11) is 4.05. The van der Waals surface area contributed by atoms with Crippen molar-refractivity contribution in [3.8, 4) is 5.75 Å². The van der Waals surface area contributed by atoms with Gasteiger partial charge in [0, 0.05) is 20.3 Å². The van der Waals surface area contributed by atoms with Crippen molar-refractivity contribution in [2.24, 2.45) is 0 Å². The lowest BCUT2D eigenvalue weighted by Crippen LogP contribution is -2.25. The fourth-order valence-electron chi connectivity index (χ4n) is 1.26. The predicted octanol–water partition coefficient (Wildman–Crippen LogP) is 1.64. The lowest BCUT2D eigenvalue weighted by atomic mass is 10.1. The molecule has 0 aliphatic heterocycles. The van der Waals surface area contributed by atoms with E-state index in [9.17, 15) is 9.18 Å². The van der Waals surface area contributed by atoms with Gasteiger partial charge in [0.05, 0.1) is 12.7 Å². The van der Waals surface area contributed by atoms with Crippen LogP contribution in [0.15, 0.2) is 18.2 Å². The summed E-state index contributed by atoms with van der Waals surface area (Å²) in [5, 5.41) is 0. The molecule has 1 aromatic rings. The minimum absolute atomic E-state index is 0.0884. The number of ketones is 1. The molecule has 0 saturated carbocycles. The number of hydrogen-bond donors (Lipinski definition) is 0. The van der Waals surface area contributed by atoms with Crippen LogP contribution in [0.2, 0.25) is 0 Å². The predicted molar refractivity (Wildman–Crippen MR) is 55.1 cm³/mol. The second kappa shape index (κ2) is 5.58. The molecule has 0 unspecified atom stereocenters. The molecule has 0 aliphatic rings. The molecule has 0 spiro atoms. The molecule has 0 aromatic heterocycles. The molecule has 0 N–H and O–H groups in total. The Hall–Kier alpha value is -1.46. The fraction of sp³-hybridized carbons (Fsp3) is 0.364. The number of Topliss-reactive ketones (excluding diaryl/α,β-unsaturated/α-hetero) is 1. The first kappa shape index (κ1) is 12.6. The molecule has 0 bridgehead atoms. The number of rotatable bonds is 5. The second-order valence-corrected chi connectivity index (χ2v) is 3.01. The molecule has 0 aliphatic carbocycles. The summed E-state index contributed by atoms with van der Waals surface area (Å²) in [6.45, 7) is 0. The number of benzene rings is 1. The zero-order valence-corrected chi connectivity index (χ0v) is 9.32. The van der Waals surface area contributed by atoms with E-state index in [-0.39, 0.29) is 5.56 Å². The van der Waals surface area contributed by atoms with E-state index in [4.69, 9.17) is 14.2 Å². The molecule has 1 rings (SSSR count). The first-order valence-corrected chi connectivity index (χ1v) is 4.57. The highest BCUT2D eigenvalue weighted by molar-refractivity contribution is 5.99. The zero-order chi connectivity index (χ0) is 12.1. The minimum atomic E-state index is -1.09. The molecule has 4 nitrogen and oxygen atoms in total. The summed E-state index contributed by atoms with van der Waals surface area (Å²) < 4.78 is 27.9. The van der Waals surface area contributed by atoms with Crippen LogP contribution in [0.5, 0.6) is 5.75 Å². The van der Waals surface area contributed by atoms with E-state index in [1.54, 1.807) is 0 Å². The Balaban J connectivity index is 3.00. The molecule has 0 fully saturated rings. The molecule has 0 atom stereocenters. The van der Waals surface area contributed by atoms with Gasteiger partial charge in [-0.25, -0.2) is 4.39 Å². The third-order valence-electron chi connectivity index (χ3n) is 2.08. The summed E-state index contributed by atoms with van der Waals surface area (Å²) in [4.78, 5) is 11.7. The molecule has 0 heterocycles.